The molecule has 1 aromatic heterocycles. The molecule has 2 aromatic carbocycles. The lowest BCUT2D eigenvalue weighted by Crippen LogP contribution is -2.38. The second kappa shape index (κ2) is 12.0. The third-order valence-electron chi connectivity index (χ3n) is 8.59. The molecule has 0 spiro atoms. The minimum absolute atomic E-state index is 0.198. The number of fused-ring (bicyclic) bond motifs is 1. The number of carbonyl (C=O) groups is 1. The van der Waals surface area contributed by atoms with Crippen LogP contribution in [0, 0.1) is 0 Å². The van der Waals surface area contributed by atoms with Crippen LogP contribution in [0.3, 0.4) is 0 Å². The molecule has 2 fully saturated rings. The highest BCUT2D eigenvalue weighted by atomic mass is 35.5. The predicted octanol–water partition coefficient (Wildman–Crippen LogP) is 5.18. The zero-order valence-corrected chi connectivity index (χ0v) is 24.5. The summed E-state index contributed by atoms with van der Waals surface area (Å²) in [5.74, 6) is -0.198. The first-order chi connectivity index (χ1) is 19.9. The van der Waals surface area contributed by atoms with Gasteiger partial charge < -0.3 is 20.5 Å². The molecule has 0 radical (unpaired) electrons. The highest BCUT2D eigenvalue weighted by molar-refractivity contribution is 6.31. The maximum atomic E-state index is 13.7. The van der Waals surface area contributed by atoms with Crippen LogP contribution in [0.25, 0.3) is 22.0 Å². The van der Waals surface area contributed by atoms with Crippen molar-refractivity contribution in [3.63, 3.8) is 0 Å². The van der Waals surface area contributed by atoms with Gasteiger partial charge in [0.25, 0.3) is 5.91 Å². The second-order valence-corrected chi connectivity index (χ2v) is 11.9. The largest absolute Gasteiger partial charge is 0.379 e. The number of aliphatic hydroxyl groups is 1. The number of dihydropyridines is 1. The van der Waals surface area contributed by atoms with Crippen molar-refractivity contribution in [3.05, 3.63) is 75.6 Å². The average Bonchev–Trinajstić information content (AvgIpc) is 3.63. The third-order valence-corrected chi connectivity index (χ3v) is 8.94. The van der Waals surface area contributed by atoms with Gasteiger partial charge in [0, 0.05) is 47.9 Å². The number of ether oxygens (including phenoxy) is 1. The number of amides is 1. The average molecular weight is 576 g/mol. The van der Waals surface area contributed by atoms with Gasteiger partial charge in [0.05, 0.1) is 36.5 Å². The van der Waals surface area contributed by atoms with E-state index in [1.54, 1.807) is 0 Å². The van der Waals surface area contributed by atoms with Gasteiger partial charge in [-0.05, 0) is 73.2 Å². The fourth-order valence-corrected chi connectivity index (χ4v) is 6.52. The number of hydrogen-bond acceptors (Lipinski definition) is 6. The Bertz CT molecular complexity index is 1520. The van der Waals surface area contributed by atoms with E-state index in [1.807, 2.05) is 38.3 Å². The van der Waals surface area contributed by atoms with Crippen molar-refractivity contribution in [3.8, 4) is 11.1 Å². The van der Waals surface area contributed by atoms with E-state index >= 15 is 0 Å². The lowest BCUT2D eigenvalue weighted by molar-refractivity contribution is 0.0342. The Morgan fingerprint density at radius 3 is 2.66 bits per heavy atom. The molecule has 216 valence electrons. The molecule has 2 aliphatic heterocycles. The summed E-state index contributed by atoms with van der Waals surface area (Å²) in [6.45, 7) is 8.19. The number of rotatable bonds is 7. The van der Waals surface area contributed by atoms with Gasteiger partial charge in [0.1, 0.15) is 6.23 Å². The summed E-state index contributed by atoms with van der Waals surface area (Å²) in [7, 11) is 0. The summed E-state index contributed by atoms with van der Waals surface area (Å²) < 4.78 is 7.58. The van der Waals surface area contributed by atoms with Crippen LogP contribution in [-0.2, 0) is 11.3 Å². The number of aliphatic hydroxyl groups excluding tert-OH is 1. The van der Waals surface area contributed by atoms with E-state index in [-0.39, 0.29) is 12.5 Å². The zero-order valence-electron chi connectivity index (χ0n) is 23.8. The number of nitrogens with zero attached hydrogens (tertiary/aromatic N) is 3. The molecular formula is C32H38ClN5O3. The number of allylic oxidation sites excluding steroid dienone is 3. The van der Waals surface area contributed by atoms with Crippen molar-refractivity contribution >= 4 is 28.4 Å². The van der Waals surface area contributed by atoms with E-state index < -0.39 is 6.23 Å². The van der Waals surface area contributed by atoms with E-state index in [1.165, 1.54) is 12.8 Å². The van der Waals surface area contributed by atoms with Gasteiger partial charge >= 0.3 is 0 Å². The molecule has 3 aromatic rings. The Kier molecular flexibility index (Phi) is 8.17. The number of morpholine rings is 1. The summed E-state index contributed by atoms with van der Waals surface area (Å²) >= 11 is 6.81. The third kappa shape index (κ3) is 5.93. The van der Waals surface area contributed by atoms with Crippen LogP contribution in [0.15, 0.2) is 59.4 Å². The molecule has 8 nitrogen and oxygen atoms in total. The van der Waals surface area contributed by atoms with Gasteiger partial charge in [-0.25, -0.2) is 0 Å². The van der Waals surface area contributed by atoms with Gasteiger partial charge in [-0.1, -0.05) is 36.6 Å². The number of carbonyl (C=O) groups excluding carboxylic acids is 1. The second-order valence-electron chi connectivity index (χ2n) is 11.4. The lowest BCUT2D eigenvalue weighted by atomic mass is 9.98. The van der Waals surface area contributed by atoms with Gasteiger partial charge in [0.15, 0.2) is 0 Å². The van der Waals surface area contributed by atoms with Crippen molar-refractivity contribution in [2.75, 3.05) is 32.8 Å². The summed E-state index contributed by atoms with van der Waals surface area (Å²) in [6, 6.07) is 10.6. The molecule has 3 N–H and O–H groups in total. The minimum Gasteiger partial charge on any atom is -0.379 e. The van der Waals surface area contributed by atoms with E-state index in [2.05, 4.69) is 38.4 Å². The van der Waals surface area contributed by atoms with E-state index in [0.717, 1.165) is 90.1 Å². The van der Waals surface area contributed by atoms with Crippen LogP contribution in [0.2, 0.25) is 5.02 Å². The highest BCUT2D eigenvalue weighted by Crippen LogP contribution is 2.36. The normalized spacial score (nSPS) is 20.4. The molecule has 9 heteroatoms. The highest BCUT2D eigenvalue weighted by Gasteiger charge is 2.24. The Morgan fingerprint density at radius 2 is 1.93 bits per heavy atom. The van der Waals surface area contributed by atoms with Gasteiger partial charge in [-0.15, -0.1) is 0 Å². The molecular weight excluding hydrogens is 538 g/mol. The Labute approximate surface area is 246 Å². The van der Waals surface area contributed by atoms with Crippen LogP contribution in [0.1, 0.15) is 61.5 Å². The summed E-state index contributed by atoms with van der Waals surface area (Å²) in [5.41, 5.74) is 7.10. The molecule has 1 saturated heterocycles. The minimum atomic E-state index is -0.824. The van der Waals surface area contributed by atoms with Crippen LogP contribution >= 0.6 is 11.6 Å². The predicted molar refractivity (Wildman–Crippen MR) is 162 cm³/mol. The van der Waals surface area contributed by atoms with Crippen molar-refractivity contribution in [1.29, 1.82) is 0 Å². The van der Waals surface area contributed by atoms with Crippen molar-refractivity contribution in [2.45, 2.75) is 58.3 Å². The van der Waals surface area contributed by atoms with Crippen LogP contribution in [0.5, 0.6) is 0 Å². The molecule has 0 bridgehead atoms. The summed E-state index contributed by atoms with van der Waals surface area (Å²) in [6.07, 6.45) is 7.54. The molecule has 1 aliphatic carbocycles. The molecule has 1 saturated carbocycles. The van der Waals surface area contributed by atoms with Crippen LogP contribution in [0.4, 0.5) is 0 Å². The summed E-state index contributed by atoms with van der Waals surface area (Å²) in [5, 5.41) is 22.9. The van der Waals surface area contributed by atoms with Gasteiger partial charge in [-0.2, -0.15) is 5.10 Å². The first-order valence-electron chi connectivity index (χ1n) is 14.6. The SMILES string of the molecule is CC1=CC(C)=C(CNC(=O)c2cc(-c3ccc(CN4CCOCC4)c(Cl)c3)cc3c2cnn3C2CCCC2)C(O)N1. The molecule has 3 heterocycles. The maximum Gasteiger partial charge on any atom is 0.252 e. The van der Waals surface area contributed by atoms with E-state index in [4.69, 9.17) is 21.4 Å². The number of halogens is 1. The quantitative estimate of drug-likeness (QED) is 0.360. The molecule has 1 amide bonds. The smallest absolute Gasteiger partial charge is 0.252 e. The molecule has 1 atom stereocenters. The first kappa shape index (κ1) is 28.0. The topological polar surface area (TPSA) is 91.7 Å². The van der Waals surface area contributed by atoms with Gasteiger partial charge in [-0.3, -0.25) is 14.4 Å². The fourth-order valence-electron chi connectivity index (χ4n) is 6.28. The molecule has 6 rings (SSSR count). The van der Waals surface area contributed by atoms with Crippen molar-refractivity contribution in [1.82, 2.24) is 25.3 Å². The Hall–Kier alpha value is -3.17. The van der Waals surface area contributed by atoms with Crippen LogP contribution in [-0.4, -0.2) is 64.8 Å². The van der Waals surface area contributed by atoms with Crippen molar-refractivity contribution < 1.29 is 14.6 Å². The molecule has 3 aliphatic rings. The van der Waals surface area contributed by atoms with Gasteiger partial charge in [0.2, 0.25) is 0 Å². The fraction of sp³-hybridized carbons (Fsp3) is 0.438. The Morgan fingerprint density at radius 1 is 1.15 bits per heavy atom. The van der Waals surface area contributed by atoms with Crippen LogP contribution < -0.4 is 10.6 Å². The Balaban J connectivity index is 1.33. The van der Waals surface area contributed by atoms with Crippen molar-refractivity contribution in [2.24, 2.45) is 0 Å². The maximum absolute atomic E-state index is 13.7. The number of hydrogen-bond donors (Lipinski definition) is 3. The standard InChI is InChI=1S/C32H38ClN5O3/c1-20-13-21(2)36-32(40)27(20)17-34-31(39)26-14-24(16-30-28(26)18-35-38(30)25-5-3-4-6-25)22-7-8-23(29(33)15-22)19-37-9-11-41-12-10-37/h7-8,13-16,18,25,32,36,40H,3-6,9-12,17,19H2,1-2H3,(H,34,39). The van der Waals surface area contributed by atoms with E-state index in [9.17, 15) is 9.90 Å². The summed E-state index contributed by atoms with van der Waals surface area (Å²) in [4.78, 5) is 16.1. The monoisotopic (exact) mass is 575 g/mol. The molecule has 41 heavy (non-hydrogen) atoms. The number of aromatic nitrogens is 2. The first-order valence-corrected chi connectivity index (χ1v) is 15.0. The number of nitrogens with one attached hydrogen (secondary N) is 2. The van der Waals surface area contributed by atoms with E-state index in [0.29, 0.717) is 16.6 Å². The lowest BCUT2D eigenvalue weighted by Gasteiger charge is -2.27. The zero-order chi connectivity index (χ0) is 28.5. The molecule has 1 unspecified atom stereocenters. The number of benzene rings is 2.